The Balaban J connectivity index is 1.98. The minimum absolute atomic E-state index is 0.291. The smallest absolute Gasteiger partial charge is 0.137 e. The highest BCUT2D eigenvalue weighted by molar-refractivity contribution is 9.10. The Labute approximate surface area is 119 Å². The van der Waals surface area contributed by atoms with Crippen molar-refractivity contribution in [2.24, 2.45) is 0 Å². The summed E-state index contributed by atoms with van der Waals surface area (Å²) in [7, 11) is 0. The van der Waals surface area contributed by atoms with Crippen LogP contribution in [0.1, 0.15) is 11.1 Å². The van der Waals surface area contributed by atoms with Crippen LogP contribution in [0.2, 0.25) is 0 Å². The molecule has 0 heterocycles. The first-order valence-corrected chi connectivity index (χ1v) is 6.70. The Morgan fingerprint density at radius 3 is 2.16 bits per heavy atom. The van der Waals surface area contributed by atoms with E-state index in [0.717, 1.165) is 11.1 Å². The van der Waals surface area contributed by atoms with E-state index in [2.05, 4.69) is 15.9 Å². The van der Waals surface area contributed by atoms with E-state index in [0.29, 0.717) is 17.3 Å². The van der Waals surface area contributed by atoms with Crippen LogP contribution in [-0.2, 0) is 12.8 Å². The zero-order valence-corrected chi connectivity index (χ0v) is 11.7. The number of halogens is 3. The lowest BCUT2D eigenvalue weighted by atomic mass is 10.0. The highest BCUT2D eigenvalue weighted by atomic mass is 79.9. The molecule has 0 saturated heterocycles. The summed E-state index contributed by atoms with van der Waals surface area (Å²) in [6.07, 6.45) is 0.286. The van der Waals surface area contributed by atoms with Gasteiger partial charge < -0.3 is 5.11 Å². The van der Waals surface area contributed by atoms with Crippen LogP contribution in [-0.4, -0.2) is 11.2 Å². The molecule has 1 unspecified atom stereocenters. The van der Waals surface area contributed by atoms with Gasteiger partial charge in [0.1, 0.15) is 11.6 Å². The highest BCUT2D eigenvalue weighted by Crippen LogP contribution is 2.18. The fraction of sp³-hybridized carbons (Fsp3) is 0.200. The van der Waals surface area contributed by atoms with Crippen molar-refractivity contribution in [1.82, 2.24) is 0 Å². The number of benzene rings is 2. The third-order valence-corrected chi connectivity index (χ3v) is 3.45. The van der Waals surface area contributed by atoms with Crippen molar-refractivity contribution in [2.75, 3.05) is 0 Å². The summed E-state index contributed by atoms with van der Waals surface area (Å²) in [6, 6.07) is 10.7. The van der Waals surface area contributed by atoms with Crippen molar-refractivity contribution in [1.29, 1.82) is 0 Å². The van der Waals surface area contributed by atoms with Gasteiger partial charge >= 0.3 is 0 Å². The summed E-state index contributed by atoms with van der Waals surface area (Å²) in [4.78, 5) is 0. The first-order valence-electron chi connectivity index (χ1n) is 5.91. The Kier molecular flexibility index (Phi) is 4.66. The lowest BCUT2D eigenvalue weighted by Crippen LogP contribution is -2.14. The third-order valence-electron chi connectivity index (χ3n) is 2.84. The summed E-state index contributed by atoms with van der Waals surface area (Å²) in [5, 5.41) is 9.98. The molecule has 100 valence electrons. The maximum Gasteiger partial charge on any atom is 0.137 e. The molecule has 0 amide bonds. The molecule has 19 heavy (non-hydrogen) atoms. The van der Waals surface area contributed by atoms with Crippen LogP contribution in [0.4, 0.5) is 8.78 Å². The van der Waals surface area contributed by atoms with E-state index < -0.39 is 6.10 Å². The van der Waals surface area contributed by atoms with Gasteiger partial charge in [-0.2, -0.15) is 0 Å². The van der Waals surface area contributed by atoms with Crippen LogP contribution in [0.5, 0.6) is 0 Å². The quantitative estimate of drug-likeness (QED) is 0.904. The van der Waals surface area contributed by atoms with Crippen molar-refractivity contribution in [3.8, 4) is 0 Å². The number of hydrogen-bond donors (Lipinski definition) is 1. The monoisotopic (exact) mass is 326 g/mol. The van der Waals surface area contributed by atoms with Gasteiger partial charge in [0.2, 0.25) is 0 Å². The molecule has 0 fully saturated rings. The zero-order valence-electron chi connectivity index (χ0n) is 10.1. The second kappa shape index (κ2) is 6.26. The first kappa shape index (κ1) is 14.2. The van der Waals surface area contributed by atoms with E-state index >= 15 is 0 Å². The SMILES string of the molecule is OC(Cc1ccc(F)cc1)Cc1ccc(F)c(Br)c1. The topological polar surface area (TPSA) is 20.2 Å². The van der Waals surface area contributed by atoms with Crippen LogP contribution in [0.3, 0.4) is 0 Å². The van der Waals surface area contributed by atoms with Crippen LogP contribution in [0.15, 0.2) is 46.9 Å². The van der Waals surface area contributed by atoms with Gasteiger partial charge in [-0.25, -0.2) is 8.78 Å². The summed E-state index contributed by atoms with van der Waals surface area (Å²) >= 11 is 3.11. The molecule has 4 heteroatoms. The number of hydrogen-bond acceptors (Lipinski definition) is 1. The van der Waals surface area contributed by atoms with Crippen molar-refractivity contribution in [3.63, 3.8) is 0 Å². The molecule has 2 aromatic carbocycles. The van der Waals surface area contributed by atoms with Gasteiger partial charge in [-0.1, -0.05) is 18.2 Å². The number of aliphatic hydroxyl groups excluding tert-OH is 1. The normalized spacial score (nSPS) is 12.4. The highest BCUT2D eigenvalue weighted by Gasteiger charge is 2.09. The zero-order chi connectivity index (χ0) is 13.8. The summed E-state index contributed by atoms with van der Waals surface area (Å²) in [6.45, 7) is 0. The molecule has 1 nitrogen and oxygen atoms in total. The van der Waals surface area contributed by atoms with E-state index in [-0.39, 0.29) is 11.6 Å². The Morgan fingerprint density at radius 2 is 1.53 bits per heavy atom. The predicted molar refractivity (Wildman–Crippen MR) is 73.9 cm³/mol. The van der Waals surface area contributed by atoms with Crippen LogP contribution >= 0.6 is 15.9 Å². The lowest BCUT2D eigenvalue weighted by molar-refractivity contribution is 0.175. The van der Waals surface area contributed by atoms with E-state index in [1.54, 1.807) is 24.3 Å². The first-order chi connectivity index (χ1) is 9.04. The van der Waals surface area contributed by atoms with Gasteiger partial charge in [0.05, 0.1) is 10.6 Å². The number of rotatable bonds is 4. The van der Waals surface area contributed by atoms with Crippen molar-refractivity contribution < 1.29 is 13.9 Å². The van der Waals surface area contributed by atoms with Crippen molar-refractivity contribution >= 4 is 15.9 Å². The standard InChI is InChI=1S/C15H13BrF2O/c16-14-9-11(3-6-15(14)18)8-13(19)7-10-1-4-12(17)5-2-10/h1-6,9,13,19H,7-8H2. The minimum atomic E-state index is -0.581. The van der Waals surface area contributed by atoms with Gasteiger partial charge in [0.25, 0.3) is 0 Å². The third kappa shape index (κ3) is 4.11. The summed E-state index contributed by atoms with van der Waals surface area (Å²) in [5.41, 5.74) is 1.72. The molecular formula is C15H13BrF2O. The van der Waals surface area contributed by atoms with Crippen LogP contribution in [0.25, 0.3) is 0 Å². The largest absolute Gasteiger partial charge is 0.392 e. The molecule has 0 spiro atoms. The van der Waals surface area contributed by atoms with Gasteiger partial charge in [-0.3, -0.25) is 0 Å². The molecule has 1 N–H and O–H groups in total. The lowest BCUT2D eigenvalue weighted by Gasteiger charge is -2.11. The van der Waals surface area contributed by atoms with Gasteiger partial charge in [0.15, 0.2) is 0 Å². The molecule has 2 aromatic rings. The van der Waals surface area contributed by atoms with Crippen molar-refractivity contribution in [3.05, 3.63) is 69.7 Å². The molecule has 0 saturated carbocycles. The molecule has 0 radical (unpaired) electrons. The second-order valence-electron chi connectivity index (χ2n) is 4.44. The second-order valence-corrected chi connectivity index (χ2v) is 5.29. The average Bonchev–Trinajstić information content (AvgIpc) is 2.37. The molecule has 0 aliphatic carbocycles. The molecular weight excluding hydrogens is 314 g/mol. The molecule has 1 atom stereocenters. The number of aliphatic hydroxyl groups is 1. The minimum Gasteiger partial charge on any atom is -0.392 e. The molecule has 2 rings (SSSR count). The van der Waals surface area contributed by atoms with Gasteiger partial charge in [-0.05, 0) is 64.2 Å². The molecule has 0 aromatic heterocycles. The maximum atomic E-state index is 13.1. The molecule has 0 aliphatic heterocycles. The van der Waals surface area contributed by atoms with Crippen molar-refractivity contribution in [2.45, 2.75) is 18.9 Å². The van der Waals surface area contributed by atoms with E-state index in [1.807, 2.05) is 0 Å². The summed E-state index contributed by atoms with van der Waals surface area (Å²) < 4.78 is 26.2. The average molecular weight is 327 g/mol. The fourth-order valence-electron chi connectivity index (χ4n) is 1.90. The Morgan fingerprint density at radius 1 is 0.947 bits per heavy atom. The van der Waals surface area contributed by atoms with E-state index in [4.69, 9.17) is 0 Å². The maximum absolute atomic E-state index is 13.1. The van der Waals surface area contributed by atoms with E-state index in [9.17, 15) is 13.9 Å². The van der Waals surface area contributed by atoms with Gasteiger partial charge in [-0.15, -0.1) is 0 Å². The predicted octanol–water partition coefficient (Wildman–Crippen LogP) is 3.87. The summed E-state index contributed by atoms with van der Waals surface area (Å²) in [5.74, 6) is -0.613. The molecule has 0 aliphatic rings. The Hall–Kier alpha value is -1.26. The molecule has 0 bridgehead atoms. The van der Waals surface area contributed by atoms with Crippen LogP contribution < -0.4 is 0 Å². The fourth-order valence-corrected chi connectivity index (χ4v) is 2.33. The van der Waals surface area contributed by atoms with Crippen LogP contribution in [0, 0.1) is 11.6 Å². The Bertz CT molecular complexity index is 555. The van der Waals surface area contributed by atoms with E-state index in [1.165, 1.54) is 18.2 Å². The van der Waals surface area contributed by atoms with Gasteiger partial charge in [0, 0.05) is 0 Å².